The lowest BCUT2D eigenvalue weighted by Gasteiger charge is -2.28. The number of nitrogens with one attached hydrogen (secondary N) is 2. The Morgan fingerprint density at radius 2 is 1.68 bits per heavy atom. The predicted octanol–water partition coefficient (Wildman–Crippen LogP) is 3.37. The van der Waals surface area contributed by atoms with E-state index in [0.717, 1.165) is 43.2 Å². The average Bonchev–Trinajstić information content (AvgIpc) is 2.84. The van der Waals surface area contributed by atoms with E-state index in [1.165, 1.54) is 5.69 Å². The van der Waals surface area contributed by atoms with Crippen LogP contribution in [-0.4, -0.2) is 63.5 Å². The molecule has 3 rings (SSSR count). The third kappa shape index (κ3) is 7.19. The first-order valence-corrected chi connectivity index (χ1v) is 11.3. The Hall–Kier alpha value is -3.62. The summed E-state index contributed by atoms with van der Waals surface area (Å²) in [5.41, 5.74) is 10.4. The highest BCUT2D eigenvalue weighted by Gasteiger charge is 2.14. The Morgan fingerprint density at radius 3 is 2.29 bits per heavy atom. The summed E-state index contributed by atoms with van der Waals surface area (Å²) in [6.45, 7) is 9.14. The Labute approximate surface area is 201 Å². The van der Waals surface area contributed by atoms with E-state index in [1.807, 2.05) is 62.3 Å². The van der Waals surface area contributed by atoms with Crippen molar-refractivity contribution in [1.82, 2.24) is 4.90 Å². The summed E-state index contributed by atoms with van der Waals surface area (Å²) in [5.74, 6) is 0.450. The van der Waals surface area contributed by atoms with Gasteiger partial charge >= 0.3 is 0 Å². The van der Waals surface area contributed by atoms with Crippen molar-refractivity contribution in [3.05, 3.63) is 72.6 Å². The normalized spacial score (nSPS) is 15.4. The van der Waals surface area contributed by atoms with Crippen LogP contribution in [0.2, 0.25) is 0 Å². The minimum absolute atomic E-state index is 0.0601. The van der Waals surface area contributed by atoms with Crippen LogP contribution in [0.3, 0.4) is 0 Å². The first-order valence-electron chi connectivity index (χ1n) is 11.3. The summed E-state index contributed by atoms with van der Waals surface area (Å²) in [7, 11) is 3.74. The molecule has 2 aromatic rings. The molecule has 1 aliphatic heterocycles. The average molecular weight is 463 g/mol. The minimum atomic E-state index is -0.217. The van der Waals surface area contributed by atoms with Gasteiger partial charge in [-0.25, -0.2) is 4.99 Å². The molecule has 0 unspecified atom stereocenters. The molecular formula is C26H34N6O2. The Kier molecular flexibility index (Phi) is 8.84. The van der Waals surface area contributed by atoms with E-state index in [9.17, 15) is 4.79 Å². The molecule has 0 radical (unpaired) electrons. The van der Waals surface area contributed by atoms with Crippen LogP contribution in [0.15, 0.2) is 72.0 Å². The van der Waals surface area contributed by atoms with Gasteiger partial charge in [-0.1, -0.05) is 18.7 Å². The number of rotatable bonds is 9. The van der Waals surface area contributed by atoms with Gasteiger partial charge in [-0.05, 0) is 69.1 Å². The van der Waals surface area contributed by atoms with Crippen LogP contribution >= 0.6 is 0 Å². The predicted molar refractivity (Wildman–Crippen MR) is 141 cm³/mol. The first-order chi connectivity index (χ1) is 16.3. The van der Waals surface area contributed by atoms with Crippen molar-refractivity contribution >= 4 is 34.9 Å². The second kappa shape index (κ2) is 12.0. The van der Waals surface area contributed by atoms with Gasteiger partial charge < -0.3 is 26.0 Å². The summed E-state index contributed by atoms with van der Waals surface area (Å²) in [4.78, 5) is 20.6. The van der Waals surface area contributed by atoms with Crippen molar-refractivity contribution in [3.63, 3.8) is 0 Å². The van der Waals surface area contributed by atoms with Gasteiger partial charge in [0, 0.05) is 42.1 Å². The largest absolute Gasteiger partial charge is 0.398 e. The summed E-state index contributed by atoms with van der Waals surface area (Å²) >= 11 is 0. The number of allylic oxidation sites excluding steroid dienone is 1. The number of nitrogens with zero attached hydrogens (tertiary/aromatic N) is 3. The number of nitrogens with two attached hydrogens (primary N) is 1. The zero-order chi connectivity index (χ0) is 24.5. The molecule has 1 fully saturated rings. The standard InChI is InChI=1S/C26H34N6O2/c1-19(31(3)4)26(33)30-23-7-5-21(6-8-23)25(27)13-14-28-20(2)29-22-9-11-24(12-10-22)32-15-17-34-18-16-32/h5-14,19,29H,2,15-18,27H2,1,3-4H3,(H,30,33)/b25-13-,28-14?/t19-/m1/s1. The Balaban J connectivity index is 1.51. The van der Waals surface area contributed by atoms with E-state index in [4.69, 9.17) is 10.5 Å². The highest BCUT2D eigenvalue weighted by Crippen LogP contribution is 2.20. The van der Waals surface area contributed by atoms with Crippen molar-refractivity contribution < 1.29 is 9.53 Å². The maximum Gasteiger partial charge on any atom is 0.241 e. The number of carbonyl (C=O) groups is 1. The molecule has 1 amide bonds. The van der Waals surface area contributed by atoms with Crippen LogP contribution in [0.25, 0.3) is 5.70 Å². The van der Waals surface area contributed by atoms with Crippen molar-refractivity contribution in [1.29, 1.82) is 0 Å². The fourth-order valence-corrected chi connectivity index (χ4v) is 3.31. The fraction of sp³-hybridized carbons (Fsp3) is 0.308. The lowest BCUT2D eigenvalue weighted by Crippen LogP contribution is -2.37. The second-order valence-electron chi connectivity index (χ2n) is 8.32. The number of benzene rings is 2. The van der Waals surface area contributed by atoms with E-state index in [0.29, 0.717) is 11.5 Å². The SMILES string of the molecule is C=C(N=C/C=C(\N)c1ccc(NC(=O)[C@@H](C)N(C)C)cc1)Nc1ccc(N2CCOCC2)cc1. The monoisotopic (exact) mass is 462 g/mol. The highest BCUT2D eigenvalue weighted by molar-refractivity contribution is 5.94. The summed E-state index contributed by atoms with van der Waals surface area (Å²) in [6, 6.07) is 15.3. The van der Waals surface area contributed by atoms with Crippen LogP contribution in [0, 0.1) is 0 Å². The molecule has 0 saturated carbocycles. The molecule has 8 heteroatoms. The third-order valence-corrected chi connectivity index (χ3v) is 5.66. The first kappa shape index (κ1) is 25.0. The molecule has 1 saturated heterocycles. The molecule has 8 nitrogen and oxygen atoms in total. The number of morpholine rings is 1. The van der Waals surface area contributed by atoms with E-state index in [2.05, 4.69) is 39.2 Å². The van der Waals surface area contributed by atoms with Gasteiger partial charge in [0.1, 0.15) is 5.82 Å². The van der Waals surface area contributed by atoms with E-state index in [-0.39, 0.29) is 11.9 Å². The molecular weight excluding hydrogens is 428 g/mol. The number of hydrogen-bond acceptors (Lipinski definition) is 7. The van der Waals surface area contributed by atoms with Crippen LogP contribution in [0.4, 0.5) is 17.1 Å². The maximum atomic E-state index is 12.2. The molecule has 34 heavy (non-hydrogen) atoms. The maximum absolute atomic E-state index is 12.2. The van der Waals surface area contributed by atoms with Crippen LogP contribution < -0.4 is 21.3 Å². The number of anilines is 3. The lowest BCUT2D eigenvalue weighted by atomic mass is 10.1. The smallest absolute Gasteiger partial charge is 0.241 e. The molecule has 180 valence electrons. The zero-order valence-electron chi connectivity index (χ0n) is 20.1. The number of ether oxygens (including phenoxy) is 1. The van der Waals surface area contributed by atoms with Gasteiger partial charge in [-0.2, -0.15) is 0 Å². The number of hydrogen-bond donors (Lipinski definition) is 3. The van der Waals surface area contributed by atoms with Gasteiger partial charge in [-0.15, -0.1) is 0 Å². The topological polar surface area (TPSA) is 95.2 Å². The highest BCUT2D eigenvalue weighted by atomic mass is 16.5. The van der Waals surface area contributed by atoms with Gasteiger partial charge in [0.25, 0.3) is 0 Å². The van der Waals surface area contributed by atoms with Crippen LogP contribution in [0.1, 0.15) is 12.5 Å². The summed E-state index contributed by atoms with van der Waals surface area (Å²) < 4.78 is 5.40. The molecule has 0 aliphatic carbocycles. The van der Waals surface area contributed by atoms with Crippen molar-refractivity contribution in [2.75, 3.05) is 55.9 Å². The second-order valence-corrected chi connectivity index (χ2v) is 8.32. The Bertz CT molecular complexity index is 1020. The van der Waals surface area contributed by atoms with E-state index >= 15 is 0 Å². The molecule has 1 atom stereocenters. The molecule has 0 spiro atoms. The molecule has 0 bridgehead atoms. The van der Waals surface area contributed by atoms with Gasteiger partial charge in [0.2, 0.25) is 5.91 Å². The number of amides is 1. The number of likely N-dealkylation sites (N-methyl/N-ethyl adjacent to an activating group) is 1. The summed E-state index contributed by atoms with van der Waals surface area (Å²) in [6.07, 6.45) is 3.33. The molecule has 2 aromatic carbocycles. The van der Waals surface area contributed by atoms with E-state index in [1.54, 1.807) is 12.3 Å². The van der Waals surface area contributed by atoms with Crippen molar-refractivity contribution in [2.24, 2.45) is 10.7 Å². The van der Waals surface area contributed by atoms with Gasteiger partial charge in [0.05, 0.1) is 19.3 Å². The number of carbonyl (C=O) groups excluding carboxylic acids is 1. The van der Waals surface area contributed by atoms with Gasteiger partial charge in [-0.3, -0.25) is 9.69 Å². The Morgan fingerprint density at radius 1 is 1.09 bits per heavy atom. The molecule has 0 aromatic heterocycles. The van der Waals surface area contributed by atoms with Crippen molar-refractivity contribution in [2.45, 2.75) is 13.0 Å². The van der Waals surface area contributed by atoms with Crippen LogP contribution in [0.5, 0.6) is 0 Å². The van der Waals surface area contributed by atoms with Gasteiger partial charge in [0.15, 0.2) is 0 Å². The third-order valence-electron chi connectivity index (χ3n) is 5.66. The van der Waals surface area contributed by atoms with Crippen molar-refractivity contribution in [3.8, 4) is 0 Å². The molecule has 1 heterocycles. The molecule has 4 N–H and O–H groups in total. The zero-order valence-corrected chi connectivity index (χ0v) is 20.1. The quantitative estimate of drug-likeness (QED) is 0.495. The summed E-state index contributed by atoms with van der Waals surface area (Å²) in [5, 5.41) is 6.08. The number of aliphatic imine (C=N–C) groups is 1. The minimum Gasteiger partial charge on any atom is -0.398 e. The molecule has 1 aliphatic rings. The lowest BCUT2D eigenvalue weighted by molar-refractivity contribution is -0.119. The fourth-order valence-electron chi connectivity index (χ4n) is 3.31. The van der Waals surface area contributed by atoms with Crippen LogP contribution in [-0.2, 0) is 9.53 Å². The van der Waals surface area contributed by atoms with E-state index < -0.39 is 0 Å².